The third-order valence-electron chi connectivity index (χ3n) is 11.8. The number of carbonyl (C=O) groups is 2. The van der Waals surface area contributed by atoms with Crippen molar-refractivity contribution < 1.29 is 24.2 Å². The Hall–Kier alpha value is -2.66. The Bertz CT molecular complexity index is 1330. The van der Waals surface area contributed by atoms with E-state index >= 15 is 0 Å². The van der Waals surface area contributed by atoms with Crippen molar-refractivity contribution in [1.29, 1.82) is 0 Å². The fourth-order valence-electron chi connectivity index (χ4n) is 8.30. The Kier molecular flexibility index (Phi) is 26.7. The van der Waals surface area contributed by atoms with E-state index in [1.54, 1.807) is 30.3 Å². The molecule has 0 atom stereocenters. The van der Waals surface area contributed by atoms with Gasteiger partial charge in [-0.2, -0.15) is 0 Å². The highest BCUT2D eigenvalue weighted by Crippen LogP contribution is 2.38. The average Bonchev–Trinajstić information content (AvgIpc) is 3.21. The van der Waals surface area contributed by atoms with Crippen LogP contribution in [0.3, 0.4) is 0 Å². The summed E-state index contributed by atoms with van der Waals surface area (Å²) in [5.74, 6) is 0.417. The van der Waals surface area contributed by atoms with Crippen molar-refractivity contribution in [2.45, 2.75) is 226 Å². The highest BCUT2D eigenvalue weighted by atomic mass is 16.5. The van der Waals surface area contributed by atoms with Crippen LogP contribution in [0.1, 0.15) is 257 Å². The van der Waals surface area contributed by atoms with E-state index < -0.39 is 0 Å². The molecule has 0 radical (unpaired) electrons. The number of benzene rings is 2. The fraction of sp³-hybridized carbons (Fsp3) is 0.725. The number of rotatable bonds is 37. The molecule has 316 valence electrons. The van der Waals surface area contributed by atoms with Crippen LogP contribution in [0.2, 0.25) is 0 Å². The predicted molar refractivity (Wildman–Crippen MR) is 236 cm³/mol. The molecule has 1 aliphatic rings. The Morgan fingerprint density at radius 1 is 0.411 bits per heavy atom. The topological polar surface area (TPSA) is 72.8 Å². The molecular formula is C51H82O5. The lowest BCUT2D eigenvalue weighted by Crippen LogP contribution is -2.23. The minimum atomic E-state index is -0.233. The minimum absolute atomic E-state index is 0.218. The highest BCUT2D eigenvalue weighted by Gasteiger charge is 2.35. The van der Waals surface area contributed by atoms with E-state index in [4.69, 9.17) is 9.47 Å². The van der Waals surface area contributed by atoms with Gasteiger partial charge in [0, 0.05) is 11.1 Å². The Morgan fingerprint density at radius 2 is 0.768 bits per heavy atom. The molecule has 0 unspecified atom stereocenters. The van der Waals surface area contributed by atoms with Gasteiger partial charge in [0.1, 0.15) is 11.5 Å². The number of ether oxygens (including phenoxy) is 2. The predicted octanol–water partition coefficient (Wildman–Crippen LogP) is 15.2. The molecule has 0 saturated carbocycles. The first-order valence-corrected chi connectivity index (χ1v) is 23.9. The monoisotopic (exact) mass is 775 g/mol. The largest absolute Gasteiger partial charge is 0.493 e. The lowest BCUT2D eigenvalue weighted by atomic mass is 9.82. The molecule has 0 aromatic heterocycles. The summed E-state index contributed by atoms with van der Waals surface area (Å²) in [6.07, 6.45) is 42.0. The number of hydrogen-bond donors (Lipinski definition) is 1. The summed E-state index contributed by atoms with van der Waals surface area (Å²) < 4.78 is 12.4. The zero-order valence-electron chi connectivity index (χ0n) is 36.2. The molecule has 5 nitrogen and oxygen atoms in total. The molecule has 5 heteroatoms. The summed E-state index contributed by atoms with van der Waals surface area (Å²) in [6.45, 7) is 5.34. The third kappa shape index (κ3) is 18.7. The van der Waals surface area contributed by atoms with Crippen LogP contribution in [0.15, 0.2) is 30.3 Å². The molecule has 0 aliphatic heterocycles. The molecule has 0 fully saturated rings. The summed E-state index contributed by atoms with van der Waals surface area (Å²) in [5, 5.41) is 9.98. The smallest absolute Gasteiger partial charge is 0.201 e. The zero-order valence-corrected chi connectivity index (χ0v) is 36.2. The summed E-state index contributed by atoms with van der Waals surface area (Å²) >= 11 is 0. The summed E-state index contributed by atoms with van der Waals surface area (Å²) in [4.78, 5) is 27.8. The lowest BCUT2D eigenvalue weighted by molar-refractivity contribution is 0.0971. The maximum absolute atomic E-state index is 14.1. The first-order chi connectivity index (χ1) is 27.6. The molecule has 3 rings (SSSR count). The molecular weight excluding hydrogens is 693 g/mol. The molecule has 2 aromatic rings. The summed E-state index contributed by atoms with van der Waals surface area (Å²) in [6, 6.07) is 8.68. The van der Waals surface area contributed by atoms with Crippen LogP contribution < -0.4 is 9.47 Å². The molecule has 2 aromatic carbocycles. The molecule has 1 N–H and O–H groups in total. The zero-order chi connectivity index (χ0) is 39.9. The molecule has 0 amide bonds. The highest BCUT2D eigenvalue weighted by molar-refractivity contribution is 6.30. The third-order valence-corrected chi connectivity index (χ3v) is 11.8. The average molecular weight is 775 g/mol. The summed E-state index contributed by atoms with van der Waals surface area (Å²) in [7, 11) is 0. The first kappa shape index (κ1) is 47.7. The molecule has 0 heterocycles. The second-order valence-electron chi connectivity index (χ2n) is 16.8. The standard InChI is InChI=1S/C51H82O5/c1-3-5-7-9-11-13-15-17-19-21-23-25-27-29-31-33-38-55-46-37-35-36-44-48(46)51(54)49-45(50(44)53)40-43(42-52)41-47(49)56-39-34-32-30-28-26-24-22-20-18-16-14-12-10-8-6-4-2/h35-37,40-41,52H,3-34,38-39,42H2,1-2H3. The van der Waals surface area contributed by atoms with Gasteiger partial charge in [0.25, 0.3) is 0 Å². The van der Waals surface area contributed by atoms with Crippen molar-refractivity contribution in [2.24, 2.45) is 0 Å². The Morgan fingerprint density at radius 3 is 1.16 bits per heavy atom. The van der Waals surface area contributed by atoms with Crippen LogP contribution in [0.4, 0.5) is 0 Å². The normalized spacial score (nSPS) is 12.3. The van der Waals surface area contributed by atoms with Crippen molar-refractivity contribution in [2.75, 3.05) is 13.2 Å². The Balaban J connectivity index is 1.33. The number of carbonyl (C=O) groups excluding carboxylic acids is 2. The van der Waals surface area contributed by atoms with E-state index in [0.717, 1.165) is 25.7 Å². The molecule has 0 spiro atoms. The number of aliphatic hydroxyl groups is 1. The SMILES string of the molecule is CCCCCCCCCCCCCCCCCCOc1cccc2c1C(=O)c1c(OCCCCCCCCCCCCCCCCCC)cc(CO)cc1C2=O. The number of hydrogen-bond acceptors (Lipinski definition) is 5. The van der Waals surface area contributed by atoms with Gasteiger partial charge >= 0.3 is 0 Å². The van der Waals surface area contributed by atoms with Gasteiger partial charge in [-0.1, -0.05) is 219 Å². The Labute approximate surface area is 343 Å². The summed E-state index contributed by atoms with van der Waals surface area (Å²) in [5.41, 5.74) is 1.89. The van der Waals surface area contributed by atoms with E-state index in [0.29, 0.717) is 52.5 Å². The van der Waals surface area contributed by atoms with E-state index in [-0.39, 0.29) is 18.2 Å². The maximum atomic E-state index is 14.1. The molecule has 56 heavy (non-hydrogen) atoms. The van der Waals surface area contributed by atoms with Gasteiger partial charge in [0.15, 0.2) is 5.78 Å². The van der Waals surface area contributed by atoms with Gasteiger partial charge in [-0.3, -0.25) is 9.59 Å². The lowest BCUT2D eigenvalue weighted by Gasteiger charge is -2.23. The van der Waals surface area contributed by atoms with Crippen LogP contribution in [0.5, 0.6) is 11.5 Å². The maximum Gasteiger partial charge on any atom is 0.201 e. The van der Waals surface area contributed by atoms with Crippen molar-refractivity contribution in [1.82, 2.24) is 0 Å². The van der Waals surface area contributed by atoms with Crippen molar-refractivity contribution in [3.63, 3.8) is 0 Å². The van der Waals surface area contributed by atoms with Crippen molar-refractivity contribution in [3.8, 4) is 11.5 Å². The van der Waals surface area contributed by atoms with Gasteiger partial charge in [0.2, 0.25) is 5.78 Å². The minimum Gasteiger partial charge on any atom is -0.493 e. The van der Waals surface area contributed by atoms with Gasteiger partial charge < -0.3 is 14.6 Å². The molecule has 1 aliphatic carbocycles. The number of unbranched alkanes of at least 4 members (excludes halogenated alkanes) is 30. The number of ketones is 2. The van der Waals surface area contributed by atoms with E-state index in [9.17, 15) is 14.7 Å². The van der Waals surface area contributed by atoms with Crippen LogP contribution in [0.25, 0.3) is 0 Å². The first-order valence-electron chi connectivity index (χ1n) is 23.9. The fourth-order valence-corrected chi connectivity index (χ4v) is 8.30. The van der Waals surface area contributed by atoms with Crippen LogP contribution in [-0.4, -0.2) is 29.9 Å². The second-order valence-corrected chi connectivity index (χ2v) is 16.8. The molecule has 0 saturated heterocycles. The van der Waals surface area contributed by atoms with Gasteiger partial charge in [0.05, 0.1) is 30.9 Å². The van der Waals surface area contributed by atoms with Crippen LogP contribution >= 0.6 is 0 Å². The quantitative estimate of drug-likeness (QED) is 0.0591. The van der Waals surface area contributed by atoms with E-state index in [1.807, 2.05) is 0 Å². The van der Waals surface area contributed by atoms with Gasteiger partial charge in [-0.25, -0.2) is 0 Å². The second kappa shape index (κ2) is 31.3. The van der Waals surface area contributed by atoms with E-state index in [2.05, 4.69) is 13.8 Å². The van der Waals surface area contributed by atoms with E-state index in [1.165, 1.54) is 180 Å². The van der Waals surface area contributed by atoms with Gasteiger partial charge in [-0.15, -0.1) is 0 Å². The van der Waals surface area contributed by atoms with Crippen molar-refractivity contribution in [3.05, 3.63) is 58.1 Å². The van der Waals surface area contributed by atoms with Crippen molar-refractivity contribution >= 4 is 11.6 Å². The van der Waals surface area contributed by atoms with Crippen LogP contribution in [-0.2, 0) is 6.61 Å². The van der Waals surface area contributed by atoms with Gasteiger partial charge in [-0.05, 0) is 36.6 Å². The molecule has 0 bridgehead atoms. The number of aliphatic hydroxyl groups excluding tert-OH is 1. The van der Waals surface area contributed by atoms with Crippen LogP contribution in [0, 0.1) is 0 Å². The number of fused-ring (bicyclic) bond motifs is 2.